The van der Waals surface area contributed by atoms with Crippen LogP contribution in [0.4, 0.5) is 4.39 Å². The van der Waals surface area contributed by atoms with E-state index in [1.807, 2.05) is 6.92 Å². The number of halogens is 1. The molecule has 0 bridgehead atoms. The molecule has 0 saturated carbocycles. The molecule has 0 fully saturated rings. The van der Waals surface area contributed by atoms with Crippen LogP contribution in [-0.4, -0.2) is 42.1 Å². The van der Waals surface area contributed by atoms with Crippen LogP contribution in [0, 0.1) is 11.7 Å². The van der Waals surface area contributed by atoms with Gasteiger partial charge in [0.2, 0.25) is 5.75 Å². The van der Waals surface area contributed by atoms with Crippen molar-refractivity contribution in [1.82, 2.24) is 10.3 Å². The first-order valence-electron chi connectivity index (χ1n) is 10.5. The van der Waals surface area contributed by atoms with Crippen molar-refractivity contribution in [3.8, 4) is 11.5 Å². The van der Waals surface area contributed by atoms with Crippen molar-refractivity contribution in [3.05, 3.63) is 53.6 Å². The molecule has 0 aliphatic rings. The zero-order valence-corrected chi connectivity index (χ0v) is 19.5. The Bertz CT molecular complexity index is 993. The summed E-state index contributed by atoms with van der Waals surface area (Å²) in [7, 11) is 1.36. The monoisotopic (exact) mass is 460 g/mol. The highest BCUT2D eigenvalue weighted by atomic mass is 19.1. The van der Waals surface area contributed by atoms with Crippen LogP contribution in [0.25, 0.3) is 0 Å². The second-order valence-corrected chi connectivity index (χ2v) is 7.96. The minimum absolute atomic E-state index is 0.140. The lowest BCUT2D eigenvalue weighted by atomic mass is 9.96. The molecule has 0 aliphatic carbocycles. The molecule has 9 heteroatoms. The van der Waals surface area contributed by atoms with Gasteiger partial charge in [0, 0.05) is 25.1 Å². The summed E-state index contributed by atoms with van der Waals surface area (Å²) in [6.45, 7) is 8.29. The fourth-order valence-electron chi connectivity index (χ4n) is 3.10. The van der Waals surface area contributed by atoms with Gasteiger partial charge in [-0.25, -0.2) is 14.2 Å². The summed E-state index contributed by atoms with van der Waals surface area (Å²) in [5, 5.41) is 2.62. The van der Waals surface area contributed by atoms with E-state index < -0.39 is 30.0 Å². The predicted molar refractivity (Wildman–Crippen MR) is 119 cm³/mol. The molecule has 178 valence electrons. The van der Waals surface area contributed by atoms with Crippen molar-refractivity contribution < 1.29 is 33.0 Å². The third-order valence-corrected chi connectivity index (χ3v) is 5.16. The fourth-order valence-corrected chi connectivity index (χ4v) is 3.10. The van der Waals surface area contributed by atoms with E-state index >= 15 is 0 Å². The van der Waals surface area contributed by atoms with Gasteiger partial charge >= 0.3 is 11.9 Å². The van der Waals surface area contributed by atoms with Gasteiger partial charge in [-0.1, -0.05) is 32.9 Å². The molecule has 3 atom stereocenters. The number of aromatic nitrogens is 1. The number of ether oxygens (including phenoxy) is 3. The number of benzene rings is 1. The van der Waals surface area contributed by atoms with E-state index in [1.165, 1.54) is 38.4 Å². The summed E-state index contributed by atoms with van der Waals surface area (Å²) in [6.07, 6.45) is 0.795. The second kappa shape index (κ2) is 11.4. The first-order chi connectivity index (χ1) is 15.5. The van der Waals surface area contributed by atoms with E-state index in [2.05, 4.69) is 10.3 Å². The Morgan fingerprint density at radius 3 is 2.21 bits per heavy atom. The molecule has 0 unspecified atom stereocenters. The Kier molecular flexibility index (Phi) is 8.90. The van der Waals surface area contributed by atoms with Crippen LogP contribution in [0.15, 0.2) is 36.5 Å². The number of esters is 2. The van der Waals surface area contributed by atoms with Gasteiger partial charge < -0.3 is 19.5 Å². The lowest BCUT2D eigenvalue weighted by molar-refractivity contribution is -0.152. The summed E-state index contributed by atoms with van der Waals surface area (Å²) in [6, 6.07) is 6.42. The van der Waals surface area contributed by atoms with E-state index in [0.29, 0.717) is 0 Å². The third-order valence-electron chi connectivity index (χ3n) is 5.16. The SMILES string of the molecule is COc1ccnc(C(=O)N[C@H](C(=O)O[C@@H](C)[C@@H](C)c2ccc(F)cc2)C(C)C)c1OC(C)=O. The van der Waals surface area contributed by atoms with Crippen molar-refractivity contribution in [2.45, 2.75) is 52.7 Å². The van der Waals surface area contributed by atoms with Gasteiger partial charge in [-0.3, -0.25) is 9.59 Å². The Morgan fingerprint density at radius 1 is 1.03 bits per heavy atom. The van der Waals surface area contributed by atoms with E-state index in [-0.39, 0.29) is 34.8 Å². The molecule has 1 heterocycles. The zero-order chi connectivity index (χ0) is 24.7. The topological polar surface area (TPSA) is 104 Å². The van der Waals surface area contributed by atoms with Crippen molar-refractivity contribution in [1.29, 1.82) is 0 Å². The number of amides is 1. The molecule has 1 N–H and O–H groups in total. The Labute approximate surface area is 192 Å². The minimum Gasteiger partial charge on any atom is -0.493 e. The summed E-state index contributed by atoms with van der Waals surface area (Å²) < 4.78 is 29.1. The number of nitrogens with zero attached hydrogens (tertiary/aromatic N) is 1. The average Bonchev–Trinajstić information content (AvgIpc) is 2.76. The maximum atomic E-state index is 13.2. The van der Waals surface area contributed by atoms with Gasteiger partial charge in [-0.05, 0) is 30.5 Å². The first-order valence-corrected chi connectivity index (χ1v) is 10.5. The number of nitrogens with one attached hydrogen (secondary N) is 1. The lowest BCUT2D eigenvalue weighted by Crippen LogP contribution is -2.46. The van der Waals surface area contributed by atoms with Crippen LogP contribution in [0.1, 0.15) is 56.6 Å². The molecule has 0 spiro atoms. The maximum Gasteiger partial charge on any atom is 0.329 e. The normalized spacial score (nSPS) is 13.6. The summed E-state index contributed by atoms with van der Waals surface area (Å²) >= 11 is 0. The zero-order valence-electron chi connectivity index (χ0n) is 19.5. The van der Waals surface area contributed by atoms with E-state index in [0.717, 1.165) is 5.56 Å². The lowest BCUT2D eigenvalue weighted by Gasteiger charge is -2.26. The molecule has 8 nitrogen and oxygen atoms in total. The van der Waals surface area contributed by atoms with Crippen molar-refractivity contribution in [2.24, 2.45) is 5.92 Å². The first kappa shape index (κ1) is 25.8. The maximum absolute atomic E-state index is 13.2. The Morgan fingerprint density at radius 2 is 1.67 bits per heavy atom. The van der Waals surface area contributed by atoms with Crippen molar-refractivity contribution >= 4 is 17.8 Å². The number of hydrogen-bond donors (Lipinski definition) is 1. The highest BCUT2D eigenvalue weighted by Crippen LogP contribution is 2.30. The summed E-state index contributed by atoms with van der Waals surface area (Å²) in [5.41, 5.74) is 0.615. The number of hydrogen-bond acceptors (Lipinski definition) is 7. The molecule has 1 aromatic carbocycles. The van der Waals surface area contributed by atoms with Gasteiger partial charge in [-0.2, -0.15) is 0 Å². The highest BCUT2D eigenvalue weighted by Gasteiger charge is 2.31. The van der Waals surface area contributed by atoms with E-state index in [4.69, 9.17) is 14.2 Å². The standard InChI is InChI=1S/C24H29FN2O6/c1-13(2)20(24(30)32-15(4)14(3)17-7-9-18(25)10-8-17)27-23(29)21-22(33-16(5)28)19(31-6)11-12-26-21/h7-15,20H,1-6H3,(H,27,29)/t14-,15+,20+/m1/s1. The van der Waals surface area contributed by atoms with Gasteiger partial charge in [0.1, 0.15) is 18.0 Å². The van der Waals surface area contributed by atoms with Crippen molar-refractivity contribution in [2.75, 3.05) is 7.11 Å². The van der Waals surface area contributed by atoms with E-state index in [1.54, 1.807) is 32.9 Å². The number of methoxy groups -OCH3 is 1. The number of carbonyl (C=O) groups is 3. The highest BCUT2D eigenvalue weighted by molar-refractivity contribution is 5.98. The molecule has 1 amide bonds. The quantitative estimate of drug-likeness (QED) is 0.570. The molecule has 0 aliphatic heterocycles. The Hall–Kier alpha value is -3.49. The largest absolute Gasteiger partial charge is 0.493 e. The van der Waals surface area contributed by atoms with Gasteiger partial charge in [0.25, 0.3) is 5.91 Å². The predicted octanol–water partition coefficient (Wildman–Crippen LogP) is 3.64. The second-order valence-electron chi connectivity index (χ2n) is 7.96. The third kappa shape index (κ3) is 6.74. The van der Waals surface area contributed by atoms with Crippen LogP contribution in [0.5, 0.6) is 11.5 Å². The van der Waals surface area contributed by atoms with E-state index in [9.17, 15) is 18.8 Å². The number of carbonyl (C=O) groups excluding carboxylic acids is 3. The molecule has 1 aromatic heterocycles. The minimum atomic E-state index is -0.987. The molecule has 0 radical (unpaired) electrons. The number of rotatable bonds is 9. The van der Waals surface area contributed by atoms with Crippen LogP contribution in [-0.2, 0) is 14.3 Å². The van der Waals surface area contributed by atoms with Gasteiger partial charge in [-0.15, -0.1) is 0 Å². The smallest absolute Gasteiger partial charge is 0.329 e. The van der Waals surface area contributed by atoms with Crippen LogP contribution >= 0.6 is 0 Å². The Balaban J connectivity index is 2.18. The van der Waals surface area contributed by atoms with Crippen molar-refractivity contribution in [3.63, 3.8) is 0 Å². The van der Waals surface area contributed by atoms with Crippen LogP contribution in [0.2, 0.25) is 0 Å². The average molecular weight is 461 g/mol. The molecular formula is C24H29FN2O6. The number of pyridine rings is 1. The molecule has 0 saturated heterocycles. The van der Waals surface area contributed by atoms with Crippen LogP contribution in [0.3, 0.4) is 0 Å². The molecule has 33 heavy (non-hydrogen) atoms. The molecule has 2 rings (SSSR count). The van der Waals surface area contributed by atoms with Gasteiger partial charge in [0.15, 0.2) is 11.4 Å². The summed E-state index contributed by atoms with van der Waals surface area (Å²) in [4.78, 5) is 41.3. The fraction of sp³-hybridized carbons (Fsp3) is 0.417. The summed E-state index contributed by atoms with van der Waals surface area (Å²) in [5.74, 6) is -2.85. The molecular weight excluding hydrogens is 431 g/mol. The van der Waals surface area contributed by atoms with Gasteiger partial charge in [0.05, 0.1) is 7.11 Å². The van der Waals surface area contributed by atoms with Crippen LogP contribution < -0.4 is 14.8 Å². The molecule has 2 aromatic rings.